The number of nitrogens with two attached hydrogens (primary N) is 2. The Bertz CT molecular complexity index is 416. The van der Waals surface area contributed by atoms with Gasteiger partial charge in [0.1, 0.15) is 5.84 Å². The van der Waals surface area contributed by atoms with Gasteiger partial charge in [0.25, 0.3) is 0 Å². The van der Waals surface area contributed by atoms with E-state index < -0.39 is 0 Å². The smallest absolute Gasteiger partial charge is 0.197 e. The Morgan fingerprint density at radius 1 is 1.25 bits per heavy atom. The number of aromatic amines is 1. The van der Waals surface area contributed by atoms with Crippen molar-refractivity contribution in [2.45, 2.75) is 32.1 Å². The largest absolute Gasteiger partial charge is 0.387 e. The SMILES string of the molecule is NC1=NC(CCCCc2cnc(N)[nH]2)=CC1. The molecule has 0 bridgehead atoms. The van der Waals surface area contributed by atoms with E-state index in [4.69, 9.17) is 11.5 Å². The van der Waals surface area contributed by atoms with E-state index in [0.29, 0.717) is 5.95 Å². The number of aliphatic imine (C=N–C) groups is 1. The van der Waals surface area contributed by atoms with Crippen LogP contribution >= 0.6 is 0 Å². The average molecular weight is 219 g/mol. The zero-order valence-electron chi connectivity index (χ0n) is 9.24. The van der Waals surface area contributed by atoms with Crippen molar-refractivity contribution in [3.05, 3.63) is 23.7 Å². The van der Waals surface area contributed by atoms with Crippen molar-refractivity contribution in [3.8, 4) is 0 Å². The van der Waals surface area contributed by atoms with E-state index in [9.17, 15) is 0 Å². The van der Waals surface area contributed by atoms with E-state index >= 15 is 0 Å². The van der Waals surface area contributed by atoms with Gasteiger partial charge in [-0.15, -0.1) is 0 Å². The molecule has 0 saturated heterocycles. The number of amidine groups is 1. The number of unbranched alkanes of at least 4 members (excludes halogenated alkanes) is 1. The second-order valence-corrected chi connectivity index (χ2v) is 4.00. The fourth-order valence-corrected chi connectivity index (χ4v) is 1.78. The Morgan fingerprint density at radius 2 is 2.06 bits per heavy atom. The highest BCUT2D eigenvalue weighted by molar-refractivity contribution is 5.84. The number of nitrogens with one attached hydrogen (secondary N) is 1. The summed E-state index contributed by atoms with van der Waals surface area (Å²) in [5, 5.41) is 0. The van der Waals surface area contributed by atoms with Gasteiger partial charge in [-0.3, -0.25) is 0 Å². The summed E-state index contributed by atoms with van der Waals surface area (Å²) in [6.45, 7) is 0. The molecule has 2 rings (SSSR count). The van der Waals surface area contributed by atoms with Crippen LogP contribution in [0.4, 0.5) is 5.95 Å². The first-order valence-corrected chi connectivity index (χ1v) is 5.55. The van der Waals surface area contributed by atoms with Crippen LogP contribution in [0.3, 0.4) is 0 Å². The number of hydrogen-bond acceptors (Lipinski definition) is 4. The van der Waals surface area contributed by atoms with E-state index in [1.54, 1.807) is 6.20 Å². The van der Waals surface area contributed by atoms with Crippen LogP contribution < -0.4 is 11.5 Å². The molecule has 16 heavy (non-hydrogen) atoms. The first kappa shape index (κ1) is 10.7. The molecule has 0 fully saturated rings. The number of nitrogen functional groups attached to an aromatic ring is 1. The third kappa shape index (κ3) is 2.85. The Labute approximate surface area is 94.7 Å². The first-order chi connectivity index (χ1) is 7.74. The molecule has 5 heteroatoms. The molecule has 1 aromatic rings. The van der Waals surface area contributed by atoms with Gasteiger partial charge in [-0.05, 0) is 25.7 Å². The molecule has 1 aliphatic rings. The summed E-state index contributed by atoms with van der Waals surface area (Å²) < 4.78 is 0. The number of rotatable bonds is 5. The standard InChI is InChI=1S/C11H17N5/c12-10-6-5-8(15-10)3-1-2-4-9-7-14-11(13)16-9/h5,7H,1-4,6H2,(H2,12,15)(H3,13,14,16). The maximum atomic E-state index is 5.59. The molecular formula is C11H17N5. The van der Waals surface area contributed by atoms with Crippen LogP contribution in [0.15, 0.2) is 23.0 Å². The fraction of sp³-hybridized carbons (Fsp3) is 0.455. The van der Waals surface area contributed by atoms with Crippen molar-refractivity contribution in [2.24, 2.45) is 10.7 Å². The molecule has 0 spiro atoms. The molecule has 0 radical (unpaired) electrons. The second kappa shape index (κ2) is 4.83. The Kier molecular flexibility index (Phi) is 3.24. The average Bonchev–Trinajstić information content (AvgIpc) is 2.83. The van der Waals surface area contributed by atoms with Gasteiger partial charge in [-0.1, -0.05) is 6.08 Å². The maximum Gasteiger partial charge on any atom is 0.197 e. The van der Waals surface area contributed by atoms with Gasteiger partial charge in [0, 0.05) is 17.8 Å². The lowest BCUT2D eigenvalue weighted by Gasteiger charge is -1.99. The minimum Gasteiger partial charge on any atom is -0.387 e. The van der Waals surface area contributed by atoms with Crippen molar-refractivity contribution in [1.82, 2.24) is 9.97 Å². The molecule has 0 amide bonds. The van der Waals surface area contributed by atoms with Gasteiger partial charge in [-0.25, -0.2) is 9.98 Å². The summed E-state index contributed by atoms with van der Waals surface area (Å²) in [5.41, 5.74) is 13.3. The van der Waals surface area contributed by atoms with Crippen molar-refractivity contribution >= 4 is 11.8 Å². The van der Waals surface area contributed by atoms with Crippen LogP contribution in [-0.4, -0.2) is 15.8 Å². The van der Waals surface area contributed by atoms with Crippen molar-refractivity contribution in [2.75, 3.05) is 5.73 Å². The lowest BCUT2D eigenvalue weighted by molar-refractivity contribution is 0.718. The molecule has 0 saturated carbocycles. The monoisotopic (exact) mass is 219 g/mol. The molecule has 1 aromatic heterocycles. The van der Waals surface area contributed by atoms with Crippen molar-refractivity contribution in [1.29, 1.82) is 0 Å². The summed E-state index contributed by atoms with van der Waals surface area (Å²) in [5.74, 6) is 1.22. The number of imidazole rings is 1. The summed E-state index contributed by atoms with van der Waals surface area (Å²) in [7, 11) is 0. The van der Waals surface area contributed by atoms with Crippen LogP contribution in [-0.2, 0) is 6.42 Å². The van der Waals surface area contributed by atoms with Gasteiger partial charge in [-0.2, -0.15) is 0 Å². The number of hydrogen-bond donors (Lipinski definition) is 3. The number of nitrogens with zero attached hydrogens (tertiary/aromatic N) is 2. The third-order valence-electron chi connectivity index (χ3n) is 2.61. The van der Waals surface area contributed by atoms with Crippen molar-refractivity contribution < 1.29 is 0 Å². The molecule has 0 aromatic carbocycles. The number of allylic oxidation sites excluding steroid dienone is 1. The quantitative estimate of drug-likeness (QED) is 0.652. The predicted molar refractivity (Wildman–Crippen MR) is 64.9 cm³/mol. The van der Waals surface area contributed by atoms with E-state index in [1.165, 1.54) is 0 Å². The molecular weight excluding hydrogens is 202 g/mol. The minimum atomic E-state index is 0.492. The number of aryl methyl sites for hydroxylation is 1. The lowest BCUT2D eigenvalue weighted by Crippen LogP contribution is -2.06. The van der Waals surface area contributed by atoms with Crippen LogP contribution in [0.25, 0.3) is 0 Å². The van der Waals surface area contributed by atoms with E-state index in [1.807, 2.05) is 0 Å². The van der Waals surface area contributed by atoms with Crippen LogP contribution in [0, 0.1) is 0 Å². The maximum absolute atomic E-state index is 5.59. The molecule has 0 aliphatic carbocycles. The second-order valence-electron chi connectivity index (χ2n) is 4.00. The van der Waals surface area contributed by atoms with Gasteiger partial charge in [0.2, 0.25) is 0 Å². The van der Waals surface area contributed by atoms with Crippen molar-refractivity contribution in [3.63, 3.8) is 0 Å². The molecule has 5 nitrogen and oxygen atoms in total. The lowest BCUT2D eigenvalue weighted by atomic mass is 10.1. The van der Waals surface area contributed by atoms with Crippen LogP contribution in [0.5, 0.6) is 0 Å². The fourth-order valence-electron chi connectivity index (χ4n) is 1.78. The summed E-state index contributed by atoms with van der Waals surface area (Å²) in [6, 6.07) is 0. The van der Waals surface area contributed by atoms with Gasteiger partial charge in [0.05, 0.1) is 6.20 Å². The Balaban J connectivity index is 1.66. The zero-order valence-corrected chi connectivity index (χ0v) is 9.24. The minimum absolute atomic E-state index is 0.492. The zero-order chi connectivity index (χ0) is 11.4. The van der Waals surface area contributed by atoms with E-state index in [2.05, 4.69) is 21.0 Å². The first-order valence-electron chi connectivity index (χ1n) is 5.55. The normalized spacial score (nSPS) is 15.0. The highest BCUT2D eigenvalue weighted by Crippen LogP contribution is 2.16. The van der Waals surface area contributed by atoms with Crippen LogP contribution in [0.1, 0.15) is 31.4 Å². The topological polar surface area (TPSA) is 93.1 Å². The van der Waals surface area contributed by atoms with Gasteiger partial charge >= 0.3 is 0 Å². The molecule has 1 aliphatic heterocycles. The highest BCUT2D eigenvalue weighted by Gasteiger charge is 2.04. The molecule has 86 valence electrons. The van der Waals surface area contributed by atoms with E-state index in [-0.39, 0.29) is 0 Å². The Morgan fingerprint density at radius 3 is 2.69 bits per heavy atom. The number of anilines is 1. The third-order valence-corrected chi connectivity index (χ3v) is 2.61. The van der Waals surface area contributed by atoms with E-state index in [0.717, 1.165) is 49.3 Å². The molecule has 5 N–H and O–H groups in total. The molecule has 0 unspecified atom stereocenters. The summed E-state index contributed by atoms with van der Waals surface area (Å²) in [4.78, 5) is 11.2. The number of aromatic nitrogens is 2. The molecule has 0 atom stereocenters. The van der Waals surface area contributed by atoms with Gasteiger partial charge in [0.15, 0.2) is 5.95 Å². The summed E-state index contributed by atoms with van der Waals surface area (Å²) in [6.07, 6.45) is 8.91. The predicted octanol–water partition coefficient (Wildman–Crippen LogP) is 1.35. The van der Waals surface area contributed by atoms with Gasteiger partial charge < -0.3 is 16.5 Å². The molecule has 2 heterocycles. The highest BCUT2D eigenvalue weighted by atomic mass is 15.0. The van der Waals surface area contributed by atoms with Crippen LogP contribution in [0.2, 0.25) is 0 Å². The number of H-pyrrole nitrogens is 1. The summed E-state index contributed by atoms with van der Waals surface area (Å²) >= 11 is 0. The Hall–Kier alpha value is -1.78.